The number of carbonyl (C=O) groups is 2. The van der Waals surface area contributed by atoms with E-state index in [1.165, 1.54) is 31.2 Å². The van der Waals surface area contributed by atoms with Gasteiger partial charge >= 0.3 is 6.18 Å². The number of hydrogen-bond acceptors (Lipinski definition) is 8. The topological polar surface area (TPSA) is 153 Å². The average molecular weight is 576 g/mol. The maximum absolute atomic E-state index is 14.6. The molecule has 208 valence electrons. The van der Waals surface area contributed by atoms with Gasteiger partial charge in [0.1, 0.15) is 29.3 Å². The lowest BCUT2D eigenvalue weighted by Crippen LogP contribution is -2.51. The van der Waals surface area contributed by atoms with Crippen molar-refractivity contribution in [3.8, 4) is 17.0 Å². The molecule has 3 heterocycles. The molecule has 1 aliphatic heterocycles. The van der Waals surface area contributed by atoms with Crippen molar-refractivity contribution in [2.75, 3.05) is 18.9 Å². The Morgan fingerprint density at radius 1 is 1.18 bits per heavy atom. The van der Waals surface area contributed by atoms with Crippen molar-refractivity contribution >= 4 is 38.5 Å². The molecule has 1 unspecified atom stereocenters. The number of nitrogens with zero attached hydrogens (tertiary/aromatic N) is 2. The van der Waals surface area contributed by atoms with Gasteiger partial charge in [-0.3, -0.25) is 9.59 Å². The predicted molar refractivity (Wildman–Crippen MR) is 138 cm³/mol. The number of pyridine rings is 1. The molecule has 0 radical (unpaired) electrons. The first-order valence-corrected chi connectivity index (χ1v) is 12.5. The number of halogens is 4. The smallest absolute Gasteiger partial charge is 0.424 e. The number of amides is 2. The number of hydrogen-bond donors (Lipinski definition) is 4. The van der Waals surface area contributed by atoms with Crippen LogP contribution < -0.4 is 21.5 Å². The standard InChI is InChI=1S/C26H21F4N5O4S/c1-24(22(31)37)11-39-19-15(24)9-17(35-18(19)12-5-7-13(27)8-6-12)25(38,26(28,29)30)10-33-21(36)14-3-2-4-16-20(14)40-23(32)34-16/h2-9,38H,10-11H2,1H3,(H2,31,37)(H2,32,34)(H,33,36)/t24-,25?/m0/s1. The second-order valence-corrected chi connectivity index (χ2v) is 10.5. The summed E-state index contributed by atoms with van der Waals surface area (Å²) in [5.74, 6) is -2.43. The number of aliphatic hydroxyl groups is 1. The molecule has 0 saturated carbocycles. The van der Waals surface area contributed by atoms with Gasteiger partial charge in [0.2, 0.25) is 11.5 Å². The highest BCUT2D eigenvalue weighted by molar-refractivity contribution is 7.22. The van der Waals surface area contributed by atoms with Crippen LogP contribution in [0.3, 0.4) is 0 Å². The van der Waals surface area contributed by atoms with E-state index in [9.17, 15) is 32.3 Å². The molecule has 5 rings (SSSR count). The number of fused-ring (bicyclic) bond motifs is 2. The van der Waals surface area contributed by atoms with Gasteiger partial charge < -0.3 is 26.6 Å². The summed E-state index contributed by atoms with van der Waals surface area (Å²) in [4.78, 5) is 33.4. The van der Waals surface area contributed by atoms with Crippen LogP contribution in [0.4, 0.5) is 22.7 Å². The minimum atomic E-state index is -5.34. The number of benzene rings is 2. The van der Waals surface area contributed by atoms with Gasteiger partial charge in [-0.05, 0) is 49.4 Å². The first kappa shape index (κ1) is 27.3. The normalized spacial score (nSPS) is 18.1. The van der Waals surface area contributed by atoms with Gasteiger partial charge in [0, 0.05) is 11.1 Å². The third kappa shape index (κ3) is 4.38. The summed E-state index contributed by atoms with van der Waals surface area (Å²) in [6.45, 7) is -0.238. The quantitative estimate of drug-likeness (QED) is 0.257. The van der Waals surface area contributed by atoms with E-state index in [0.29, 0.717) is 10.2 Å². The number of aromatic nitrogens is 2. The lowest BCUT2D eigenvalue weighted by molar-refractivity contribution is -0.265. The zero-order chi connectivity index (χ0) is 29.0. The Labute approximate surface area is 227 Å². The molecule has 0 spiro atoms. The zero-order valence-corrected chi connectivity index (χ0v) is 21.5. The molecule has 40 heavy (non-hydrogen) atoms. The van der Waals surface area contributed by atoms with Crippen LogP contribution >= 0.6 is 11.3 Å². The monoisotopic (exact) mass is 575 g/mol. The number of thiazole rings is 1. The summed E-state index contributed by atoms with van der Waals surface area (Å²) >= 11 is 0.983. The van der Waals surface area contributed by atoms with E-state index < -0.39 is 47.1 Å². The van der Waals surface area contributed by atoms with E-state index in [0.717, 1.165) is 29.5 Å². The molecule has 6 N–H and O–H groups in total. The number of rotatable bonds is 6. The molecule has 0 aliphatic carbocycles. The highest BCUT2D eigenvalue weighted by Gasteiger charge is 2.57. The summed E-state index contributed by atoms with van der Waals surface area (Å²) in [6.07, 6.45) is -5.34. The van der Waals surface area contributed by atoms with Crippen LogP contribution in [-0.2, 0) is 15.8 Å². The summed E-state index contributed by atoms with van der Waals surface area (Å²) in [5.41, 5.74) is 5.44. The van der Waals surface area contributed by atoms with Crippen molar-refractivity contribution in [2.45, 2.75) is 24.1 Å². The van der Waals surface area contributed by atoms with Crippen molar-refractivity contribution in [1.82, 2.24) is 15.3 Å². The van der Waals surface area contributed by atoms with Crippen molar-refractivity contribution < 1.29 is 37.0 Å². The summed E-state index contributed by atoms with van der Waals surface area (Å²) in [5, 5.41) is 13.4. The van der Waals surface area contributed by atoms with Crippen molar-refractivity contribution in [3.05, 3.63) is 71.2 Å². The number of nitrogen functional groups attached to an aromatic ring is 1. The Morgan fingerprint density at radius 3 is 2.52 bits per heavy atom. The molecule has 0 saturated heterocycles. The molecular weight excluding hydrogens is 554 g/mol. The zero-order valence-electron chi connectivity index (χ0n) is 20.7. The Bertz CT molecular complexity index is 1660. The molecule has 14 heteroatoms. The fraction of sp³-hybridized carbons (Fsp3) is 0.231. The molecule has 2 amide bonds. The van der Waals surface area contributed by atoms with Crippen molar-refractivity contribution in [1.29, 1.82) is 0 Å². The van der Waals surface area contributed by atoms with Gasteiger partial charge in [-0.1, -0.05) is 17.4 Å². The molecular formula is C26H21F4N5O4S. The van der Waals surface area contributed by atoms with Crippen molar-refractivity contribution in [2.24, 2.45) is 5.73 Å². The van der Waals surface area contributed by atoms with E-state index in [1.807, 2.05) is 0 Å². The molecule has 2 atom stereocenters. The third-order valence-electron chi connectivity index (χ3n) is 6.81. The van der Waals surface area contributed by atoms with Crippen LogP contribution in [0.5, 0.6) is 5.75 Å². The highest BCUT2D eigenvalue weighted by Crippen LogP contribution is 2.47. The van der Waals surface area contributed by atoms with Crippen LogP contribution in [0.1, 0.15) is 28.5 Å². The maximum Gasteiger partial charge on any atom is 0.424 e. The third-order valence-corrected chi connectivity index (χ3v) is 7.74. The minimum Gasteiger partial charge on any atom is -0.489 e. The molecule has 0 fully saturated rings. The van der Waals surface area contributed by atoms with Crippen LogP contribution in [-0.4, -0.2) is 46.2 Å². The van der Waals surface area contributed by atoms with E-state index in [-0.39, 0.29) is 39.9 Å². The van der Waals surface area contributed by atoms with Gasteiger partial charge in [0.05, 0.1) is 28.0 Å². The summed E-state index contributed by atoms with van der Waals surface area (Å²) in [7, 11) is 0. The first-order valence-electron chi connectivity index (χ1n) is 11.7. The molecule has 2 aromatic carbocycles. The van der Waals surface area contributed by atoms with E-state index in [2.05, 4.69) is 15.3 Å². The SMILES string of the molecule is C[C@]1(C(N)=O)COc2c1cc(C(O)(CNC(=O)c1cccc3nc(N)sc13)C(F)(F)F)nc2-c1ccc(F)cc1. The molecule has 1 aliphatic rings. The van der Waals surface area contributed by atoms with Crippen LogP contribution in [0.15, 0.2) is 48.5 Å². The fourth-order valence-corrected chi connectivity index (χ4v) is 5.23. The molecule has 2 aromatic heterocycles. The Balaban J connectivity index is 1.61. The molecule has 9 nitrogen and oxygen atoms in total. The average Bonchev–Trinajstić information content (AvgIpc) is 3.46. The Morgan fingerprint density at radius 2 is 1.88 bits per heavy atom. The number of primary amides is 1. The number of alkyl halides is 3. The van der Waals surface area contributed by atoms with Gasteiger partial charge in [-0.15, -0.1) is 0 Å². The molecule has 0 bridgehead atoms. The maximum atomic E-state index is 14.6. The van der Waals surface area contributed by atoms with Crippen LogP contribution in [0, 0.1) is 5.82 Å². The number of nitrogens with two attached hydrogens (primary N) is 2. The number of carbonyl (C=O) groups excluding carboxylic acids is 2. The second-order valence-electron chi connectivity index (χ2n) is 9.47. The fourth-order valence-electron chi connectivity index (χ4n) is 4.39. The Kier molecular flexibility index (Phi) is 6.42. The van der Waals surface area contributed by atoms with Gasteiger partial charge in [-0.25, -0.2) is 14.4 Å². The lowest BCUT2D eigenvalue weighted by atomic mass is 9.81. The van der Waals surface area contributed by atoms with Crippen LogP contribution in [0.25, 0.3) is 21.5 Å². The second kappa shape index (κ2) is 9.41. The summed E-state index contributed by atoms with van der Waals surface area (Å²) in [6, 6.07) is 10.0. The van der Waals surface area contributed by atoms with Crippen LogP contribution in [0.2, 0.25) is 0 Å². The first-order chi connectivity index (χ1) is 18.7. The number of nitrogens with one attached hydrogen (secondary N) is 1. The Hall–Kier alpha value is -4.30. The molecule has 4 aromatic rings. The van der Waals surface area contributed by atoms with Gasteiger partial charge in [0.25, 0.3) is 5.91 Å². The largest absolute Gasteiger partial charge is 0.489 e. The van der Waals surface area contributed by atoms with Crippen molar-refractivity contribution in [3.63, 3.8) is 0 Å². The summed E-state index contributed by atoms with van der Waals surface area (Å²) < 4.78 is 63.2. The van der Waals surface area contributed by atoms with E-state index >= 15 is 0 Å². The number of anilines is 1. The lowest BCUT2D eigenvalue weighted by Gasteiger charge is -2.31. The van der Waals surface area contributed by atoms with Gasteiger partial charge in [-0.2, -0.15) is 13.2 Å². The van der Waals surface area contributed by atoms with E-state index in [1.54, 1.807) is 6.07 Å². The van der Waals surface area contributed by atoms with E-state index in [4.69, 9.17) is 16.2 Å². The van der Waals surface area contributed by atoms with Gasteiger partial charge in [0.15, 0.2) is 5.13 Å². The minimum absolute atomic E-state index is 0.0137. The number of ether oxygens (including phenoxy) is 1. The highest BCUT2D eigenvalue weighted by atomic mass is 32.1. The predicted octanol–water partition coefficient (Wildman–Crippen LogP) is 3.39.